The Morgan fingerprint density at radius 2 is 2.12 bits per heavy atom. The van der Waals surface area contributed by atoms with E-state index in [0.717, 1.165) is 16.4 Å². The predicted molar refractivity (Wildman–Crippen MR) is 68.4 cm³/mol. The van der Waals surface area contributed by atoms with Gasteiger partial charge in [-0.05, 0) is 31.2 Å². The Hall–Kier alpha value is -1.81. The second-order valence-electron chi connectivity index (χ2n) is 3.74. The number of imidazole rings is 1. The Kier molecular flexibility index (Phi) is 2.57. The Balaban J connectivity index is 1.95. The van der Waals surface area contributed by atoms with Crippen LogP contribution in [0.25, 0.3) is 16.2 Å². The van der Waals surface area contributed by atoms with Crippen LogP contribution in [0.15, 0.2) is 42.0 Å². The summed E-state index contributed by atoms with van der Waals surface area (Å²) >= 11 is 1.70. The van der Waals surface area contributed by atoms with Gasteiger partial charge in [0.15, 0.2) is 5.69 Å². The van der Waals surface area contributed by atoms with Gasteiger partial charge in [-0.15, -0.1) is 0 Å². The average Bonchev–Trinajstić information content (AvgIpc) is 2.90. The highest BCUT2D eigenvalue weighted by molar-refractivity contribution is 7.14. The number of aromatic amines is 1. The quantitative estimate of drug-likeness (QED) is 0.706. The summed E-state index contributed by atoms with van der Waals surface area (Å²) in [4.78, 5) is 4.53. The third-order valence-electron chi connectivity index (χ3n) is 2.62. The number of aromatic nitrogens is 2. The van der Waals surface area contributed by atoms with Crippen molar-refractivity contribution in [2.75, 3.05) is 6.61 Å². The fourth-order valence-electron chi connectivity index (χ4n) is 1.82. The van der Waals surface area contributed by atoms with Crippen LogP contribution in [-0.4, -0.2) is 11.6 Å². The first-order valence-corrected chi connectivity index (χ1v) is 6.45. The number of nitrogens with one attached hydrogen (secondary N) is 1. The van der Waals surface area contributed by atoms with Crippen LogP contribution >= 0.6 is 11.3 Å². The molecule has 3 rings (SSSR count). The summed E-state index contributed by atoms with van der Waals surface area (Å²) in [5.74, 6) is 0.914. The summed E-state index contributed by atoms with van der Waals surface area (Å²) in [5.41, 5.74) is 2.30. The van der Waals surface area contributed by atoms with Crippen LogP contribution in [0.5, 0.6) is 5.75 Å². The number of hydrogen-bond acceptors (Lipinski definition) is 2. The number of fused-ring (bicyclic) bond motifs is 1. The van der Waals surface area contributed by atoms with Gasteiger partial charge in [-0.1, -0.05) is 11.3 Å². The molecule has 86 valence electrons. The summed E-state index contributed by atoms with van der Waals surface area (Å²) in [7, 11) is 0. The highest BCUT2D eigenvalue weighted by Gasteiger charge is 2.11. The van der Waals surface area contributed by atoms with E-state index < -0.39 is 0 Å². The van der Waals surface area contributed by atoms with Crippen LogP contribution in [0.3, 0.4) is 0 Å². The number of rotatable bonds is 3. The van der Waals surface area contributed by atoms with Crippen molar-refractivity contribution in [2.45, 2.75) is 6.92 Å². The largest absolute Gasteiger partial charge is 0.494 e. The van der Waals surface area contributed by atoms with Gasteiger partial charge in [0, 0.05) is 10.9 Å². The number of ether oxygens (including phenoxy) is 1. The number of hydrogen-bond donors (Lipinski definition) is 1. The maximum absolute atomic E-state index is 5.43. The van der Waals surface area contributed by atoms with Crippen LogP contribution in [-0.2, 0) is 0 Å². The molecule has 0 atom stereocenters. The van der Waals surface area contributed by atoms with Crippen LogP contribution in [0.4, 0.5) is 0 Å². The first-order chi connectivity index (χ1) is 8.36. The SMILES string of the molecule is CCOc1ccc(-c2c[n+]3ccsc3[nH]2)cc1. The maximum atomic E-state index is 5.43. The van der Waals surface area contributed by atoms with Gasteiger partial charge in [0.05, 0.1) is 6.61 Å². The third-order valence-corrected chi connectivity index (χ3v) is 3.42. The Labute approximate surface area is 103 Å². The molecular formula is C13H13N2OS+. The smallest absolute Gasteiger partial charge is 0.343 e. The fraction of sp³-hybridized carbons (Fsp3) is 0.154. The first kappa shape index (κ1) is 10.4. The van der Waals surface area contributed by atoms with Crippen molar-refractivity contribution in [3.63, 3.8) is 0 Å². The molecule has 0 fully saturated rings. The Bertz CT molecular complexity index is 596. The van der Waals surface area contributed by atoms with E-state index >= 15 is 0 Å². The zero-order chi connectivity index (χ0) is 11.7. The molecule has 1 aromatic carbocycles. The van der Waals surface area contributed by atoms with Crippen molar-refractivity contribution in [2.24, 2.45) is 0 Å². The second kappa shape index (κ2) is 4.22. The minimum Gasteiger partial charge on any atom is -0.494 e. The van der Waals surface area contributed by atoms with Crippen LogP contribution < -0.4 is 9.14 Å². The molecule has 3 aromatic rings. The van der Waals surface area contributed by atoms with Crippen LogP contribution in [0.1, 0.15) is 6.92 Å². The third kappa shape index (κ3) is 1.91. The minimum atomic E-state index is 0.702. The summed E-state index contributed by atoms with van der Waals surface area (Å²) in [5, 5.41) is 2.06. The molecule has 0 unspecified atom stereocenters. The van der Waals surface area contributed by atoms with E-state index in [9.17, 15) is 0 Å². The summed E-state index contributed by atoms with van der Waals surface area (Å²) < 4.78 is 7.52. The van der Waals surface area contributed by atoms with E-state index in [1.54, 1.807) is 11.3 Å². The van der Waals surface area contributed by atoms with E-state index in [-0.39, 0.29) is 0 Å². The zero-order valence-electron chi connectivity index (χ0n) is 9.51. The van der Waals surface area contributed by atoms with Gasteiger partial charge in [-0.2, -0.15) is 4.40 Å². The fourth-order valence-corrected chi connectivity index (χ4v) is 2.54. The molecular weight excluding hydrogens is 232 g/mol. The lowest BCUT2D eigenvalue weighted by atomic mass is 10.2. The second-order valence-corrected chi connectivity index (χ2v) is 4.64. The van der Waals surface area contributed by atoms with Crippen molar-refractivity contribution < 1.29 is 9.14 Å². The van der Waals surface area contributed by atoms with E-state index in [2.05, 4.69) is 39.3 Å². The summed E-state index contributed by atoms with van der Waals surface area (Å²) in [6.45, 7) is 2.69. The van der Waals surface area contributed by atoms with Gasteiger partial charge in [-0.3, -0.25) is 0 Å². The van der Waals surface area contributed by atoms with Crippen molar-refractivity contribution in [1.82, 2.24) is 4.98 Å². The summed E-state index contributed by atoms with van der Waals surface area (Å²) in [6.07, 6.45) is 4.15. The molecule has 0 saturated carbocycles. The van der Waals surface area contributed by atoms with Gasteiger partial charge in [-0.25, -0.2) is 4.98 Å². The number of nitrogens with zero attached hydrogens (tertiary/aromatic N) is 1. The van der Waals surface area contributed by atoms with E-state index in [0.29, 0.717) is 6.61 Å². The summed E-state index contributed by atoms with van der Waals surface area (Å²) in [6, 6.07) is 8.14. The highest BCUT2D eigenvalue weighted by Crippen LogP contribution is 2.21. The van der Waals surface area contributed by atoms with Crippen LogP contribution in [0, 0.1) is 0 Å². The number of benzene rings is 1. The Morgan fingerprint density at radius 1 is 1.29 bits per heavy atom. The van der Waals surface area contributed by atoms with Crippen molar-refractivity contribution in [1.29, 1.82) is 0 Å². The topological polar surface area (TPSA) is 29.1 Å². The van der Waals surface area contributed by atoms with Gasteiger partial charge in [0.25, 0.3) is 0 Å². The molecule has 2 heterocycles. The number of H-pyrrole nitrogens is 1. The predicted octanol–water partition coefficient (Wildman–Crippen LogP) is 2.88. The Morgan fingerprint density at radius 3 is 2.82 bits per heavy atom. The molecule has 1 N–H and O–H groups in total. The standard InChI is InChI=1S/C13H12N2OS/c1-2-16-11-5-3-10(4-6-11)12-9-15-7-8-17-13(15)14-12/h3-9H,2H2,1H3/p+1. The highest BCUT2D eigenvalue weighted by atomic mass is 32.1. The van der Waals surface area contributed by atoms with E-state index in [1.165, 1.54) is 5.56 Å². The van der Waals surface area contributed by atoms with Crippen molar-refractivity contribution >= 4 is 16.3 Å². The maximum Gasteiger partial charge on any atom is 0.343 e. The van der Waals surface area contributed by atoms with Crippen LogP contribution in [0.2, 0.25) is 0 Å². The molecule has 17 heavy (non-hydrogen) atoms. The molecule has 0 aliphatic heterocycles. The molecule has 3 nitrogen and oxygen atoms in total. The minimum absolute atomic E-state index is 0.702. The zero-order valence-corrected chi connectivity index (χ0v) is 10.3. The molecule has 4 heteroatoms. The lowest BCUT2D eigenvalue weighted by Crippen LogP contribution is -2.11. The molecule has 0 saturated heterocycles. The van der Waals surface area contributed by atoms with E-state index in [4.69, 9.17) is 4.74 Å². The van der Waals surface area contributed by atoms with Crippen molar-refractivity contribution in [3.8, 4) is 17.0 Å². The van der Waals surface area contributed by atoms with E-state index in [1.807, 2.05) is 19.1 Å². The lowest BCUT2D eigenvalue weighted by Gasteiger charge is -2.02. The molecule has 0 amide bonds. The molecule has 0 spiro atoms. The number of thiazole rings is 1. The molecule has 0 bridgehead atoms. The monoisotopic (exact) mass is 245 g/mol. The van der Waals surface area contributed by atoms with Gasteiger partial charge >= 0.3 is 4.96 Å². The average molecular weight is 245 g/mol. The molecule has 0 aliphatic carbocycles. The normalized spacial score (nSPS) is 10.9. The lowest BCUT2D eigenvalue weighted by molar-refractivity contribution is -0.505. The van der Waals surface area contributed by atoms with Crippen molar-refractivity contribution in [3.05, 3.63) is 42.0 Å². The molecule has 2 aromatic heterocycles. The van der Waals surface area contributed by atoms with Gasteiger partial charge in [0.1, 0.15) is 18.1 Å². The molecule has 0 radical (unpaired) electrons. The van der Waals surface area contributed by atoms with Gasteiger partial charge in [0.2, 0.25) is 0 Å². The van der Waals surface area contributed by atoms with Gasteiger partial charge < -0.3 is 4.74 Å². The first-order valence-electron chi connectivity index (χ1n) is 5.57. The molecule has 0 aliphatic rings.